The van der Waals surface area contributed by atoms with E-state index in [9.17, 15) is 31.1 Å². The van der Waals surface area contributed by atoms with Crippen LogP contribution in [0.15, 0.2) is 73.6 Å². The molecule has 3 atom stereocenters. The Labute approximate surface area is 254 Å². The van der Waals surface area contributed by atoms with E-state index in [0.717, 1.165) is 39.7 Å². The molecule has 6 rings (SSSR count). The van der Waals surface area contributed by atoms with E-state index in [4.69, 9.17) is 0 Å². The topological polar surface area (TPSA) is 72.7 Å². The van der Waals surface area contributed by atoms with Crippen LogP contribution in [0.5, 0.6) is 0 Å². The molecule has 0 bridgehead atoms. The molecule has 1 fully saturated rings. The van der Waals surface area contributed by atoms with Crippen molar-refractivity contribution in [2.45, 2.75) is 44.4 Å². The summed E-state index contributed by atoms with van der Waals surface area (Å²) >= 11 is 0. The fourth-order valence-electron chi connectivity index (χ4n) is 5.97. The van der Waals surface area contributed by atoms with Gasteiger partial charge in [-0.25, -0.2) is 31.9 Å². The summed E-state index contributed by atoms with van der Waals surface area (Å²) in [4.78, 5) is 26.2. The number of fused-ring (bicyclic) bond motifs is 1. The second-order valence-corrected chi connectivity index (χ2v) is 11.1. The number of amides is 1. The number of benzene rings is 2. The zero-order valence-electron chi connectivity index (χ0n) is 23.7. The van der Waals surface area contributed by atoms with Crippen molar-refractivity contribution in [3.05, 3.63) is 113 Å². The third-order valence-electron chi connectivity index (χ3n) is 8.15. The molecular formula is C33H27F6N5O. The van der Waals surface area contributed by atoms with E-state index >= 15 is 0 Å². The molecule has 0 radical (unpaired) electrons. The molecule has 0 spiro atoms. The Hall–Kier alpha value is -4.74. The molecular weight excluding hydrogens is 596 g/mol. The summed E-state index contributed by atoms with van der Waals surface area (Å²) in [5, 5.41) is 4.59. The summed E-state index contributed by atoms with van der Waals surface area (Å²) in [6.07, 6.45) is 4.54. The number of hydrogen-bond acceptors (Lipinski definition) is 4. The molecule has 3 heterocycles. The number of aromatic nitrogens is 4. The van der Waals surface area contributed by atoms with Crippen molar-refractivity contribution in [1.82, 2.24) is 24.8 Å². The minimum atomic E-state index is -2.94. The highest BCUT2D eigenvalue weighted by Crippen LogP contribution is 2.52. The van der Waals surface area contributed by atoms with Gasteiger partial charge < -0.3 is 9.88 Å². The van der Waals surface area contributed by atoms with Crippen LogP contribution >= 0.6 is 0 Å². The van der Waals surface area contributed by atoms with Crippen LogP contribution in [0.1, 0.15) is 52.9 Å². The summed E-state index contributed by atoms with van der Waals surface area (Å²) in [6.45, 7) is -2.35. The van der Waals surface area contributed by atoms with Crippen molar-refractivity contribution in [1.29, 1.82) is 0 Å². The number of nitrogens with one attached hydrogen (secondary N) is 1. The van der Waals surface area contributed by atoms with Gasteiger partial charge in [-0.2, -0.15) is 0 Å². The first kappa shape index (κ1) is 30.3. The summed E-state index contributed by atoms with van der Waals surface area (Å²) in [5.41, 5.74) is 1.35. The Kier molecular flexibility index (Phi) is 8.55. The smallest absolute Gasteiger partial charge is 0.265 e. The molecule has 2 unspecified atom stereocenters. The molecule has 3 aromatic heterocycles. The van der Waals surface area contributed by atoms with Crippen LogP contribution in [-0.2, 0) is 24.4 Å². The lowest BCUT2D eigenvalue weighted by molar-refractivity contribution is -0.122. The van der Waals surface area contributed by atoms with E-state index in [0.29, 0.717) is 23.2 Å². The molecule has 1 saturated carbocycles. The maximum absolute atomic E-state index is 14.3. The van der Waals surface area contributed by atoms with Crippen molar-refractivity contribution in [3.8, 4) is 11.1 Å². The van der Waals surface area contributed by atoms with Crippen LogP contribution in [0.2, 0.25) is 0 Å². The third kappa shape index (κ3) is 6.40. The van der Waals surface area contributed by atoms with Gasteiger partial charge in [0.15, 0.2) is 0 Å². The second-order valence-electron chi connectivity index (χ2n) is 11.1. The van der Waals surface area contributed by atoms with Crippen LogP contribution in [0.3, 0.4) is 0 Å². The van der Waals surface area contributed by atoms with Crippen LogP contribution in [0.25, 0.3) is 21.9 Å². The van der Waals surface area contributed by atoms with Crippen molar-refractivity contribution in [2.24, 2.45) is 5.92 Å². The van der Waals surface area contributed by atoms with Gasteiger partial charge in [-0.15, -0.1) is 0 Å². The van der Waals surface area contributed by atoms with Gasteiger partial charge in [-0.1, -0.05) is 12.1 Å². The zero-order chi connectivity index (χ0) is 31.7. The molecule has 0 saturated heterocycles. The third-order valence-corrected chi connectivity index (χ3v) is 8.15. The molecule has 1 aliphatic carbocycles. The molecule has 1 N–H and O–H groups in total. The lowest BCUT2D eigenvalue weighted by Gasteiger charge is -2.22. The monoisotopic (exact) mass is 623 g/mol. The highest BCUT2D eigenvalue weighted by molar-refractivity contribution is 5.87. The normalized spacial score (nSPS) is 16.7. The van der Waals surface area contributed by atoms with Crippen molar-refractivity contribution < 1.29 is 31.1 Å². The van der Waals surface area contributed by atoms with E-state index in [2.05, 4.69) is 20.3 Å². The number of rotatable bonds is 11. The molecule has 232 valence electrons. The average Bonchev–Trinajstić information content (AvgIpc) is 3.72. The number of halogens is 6. The minimum absolute atomic E-state index is 0.0549. The predicted octanol–water partition coefficient (Wildman–Crippen LogP) is 7.35. The first-order chi connectivity index (χ1) is 21.7. The van der Waals surface area contributed by atoms with E-state index in [1.807, 2.05) is 24.3 Å². The molecule has 0 aliphatic heterocycles. The molecule has 12 heteroatoms. The summed E-state index contributed by atoms with van der Waals surface area (Å²) in [6, 6.07) is 9.46. The quantitative estimate of drug-likeness (QED) is 0.156. The first-order valence-electron chi connectivity index (χ1n) is 14.3. The largest absolute Gasteiger partial charge is 0.346 e. The molecule has 6 nitrogen and oxygen atoms in total. The van der Waals surface area contributed by atoms with Gasteiger partial charge in [0.05, 0.1) is 24.1 Å². The predicted molar refractivity (Wildman–Crippen MR) is 155 cm³/mol. The minimum Gasteiger partial charge on any atom is -0.346 e. The van der Waals surface area contributed by atoms with Gasteiger partial charge in [0.1, 0.15) is 31.2 Å². The Morgan fingerprint density at radius 1 is 1.00 bits per heavy atom. The summed E-state index contributed by atoms with van der Waals surface area (Å²) < 4.78 is 84.8. The lowest BCUT2D eigenvalue weighted by atomic mass is 9.95. The fraction of sp³-hybridized carbons (Fsp3) is 0.273. The Balaban J connectivity index is 1.36. The Morgan fingerprint density at radius 2 is 1.80 bits per heavy atom. The van der Waals surface area contributed by atoms with Gasteiger partial charge in [0, 0.05) is 47.4 Å². The molecule has 5 aromatic rings. The molecule has 2 aromatic carbocycles. The van der Waals surface area contributed by atoms with E-state index in [1.54, 1.807) is 18.6 Å². The van der Waals surface area contributed by atoms with Gasteiger partial charge in [0.25, 0.3) is 6.43 Å². The summed E-state index contributed by atoms with van der Waals surface area (Å²) in [5.74, 6) is -3.29. The average molecular weight is 624 g/mol. The Morgan fingerprint density at radius 3 is 2.51 bits per heavy atom. The zero-order valence-corrected chi connectivity index (χ0v) is 23.7. The standard InChI is InChI=1S/C33H27F6N5O/c34-11-22-9-25(22)31-27(33(38)39)15-44(29(31)12-35)16-30(45)43-28(7-18-5-23(36)10-24(37)6-18)32-26(14-41-17-42-32)20-1-2-21-13-40-4-3-19(21)8-20/h1-6,8,10,13-15,17,22,25,28,33H,7,9,11-12,16H2,(H,43,45)/t22?,25?,28-/m0/s1. The molecule has 1 amide bonds. The van der Waals surface area contributed by atoms with E-state index < -0.39 is 67.3 Å². The SMILES string of the molecule is O=C(Cn1cc(C(F)F)c(C2CC2CF)c1CF)N[C@@H](Cc1cc(F)cc(F)c1)c1ncncc1-c1ccc2cnccc2c1. The van der Waals surface area contributed by atoms with Gasteiger partial charge in [-0.3, -0.25) is 14.2 Å². The lowest BCUT2D eigenvalue weighted by Crippen LogP contribution is -2.34. The van der Waals surface area contributed by atoms with Crippen LogP contribution in [-0.4, -0.2) is 32.1 Å². The van der Waals surface area contributed by atoms with E-state index in [1.165, 1.54) is 6.33 Å². The van der Waals surface area contributed by atoms with Crippen molar-refractivity contribution >= 4 is 16.7 Å². The van der Waals surface area contributed by atoms with Crippen LogP contribution in [0.4, 0.5) is 26.3 Å². The number of carbonyl (C=O) groups is 1. The second kappa shape index (κ2) is 12.7. The highest BCUT2D eigenvalue weighted by atomic mass is 19.3. The molecule has 45 heavy (non-hydrogen) atoms. The van der Waals surface area contributed by atoms with Gasteiger partial charge >= 0.3 is 0 Å². The molecule has 1 aliphatic rings. The van der Waals surface area contributed by atoms with E-state index in [-0.39, 0.29) is 23.2 Å². The maximum Gasteiger partial charge on any atom is 0.265 e. The number of pyridine rings is 1. The van der Waals surface area contributed by atoms with Crippen molar-refractivity contribution in [3.63, 3.8) is 0 Å². The van der Waals surface area contributed by atoms with Crippen molar-refractivity contribution in [2.75, 3.05) is 6.67 Å². The van der Waals surface area contributed by atoms with Crippen LogP contribution < -0.4 is 5.32 Å². The van der Waals surface area contributed by atoms with Crippen LogP contribution in [0, 0.1) is 17.6 Å². The highest BCUT2D eigenvalue weighted by Gasteiger charge is 2.43. The van der Waals surface area contributed by atoms with Gasteiger partial charge in [-0.05, 0) is 71.0 Å². The number of carbonyl (C=O) groups excluding carboxylic acids is 1. The summed E-state index contributed by atoms with van der Waals surface area (Å²) in [7, 11) is 0. The number of alkyl halides is 4. The number of hydrogen-bond donors (Lipinski definition) is 1. The maximum atomic E-state index is 14.3. The number of nitrogens with zero attached hydrogens (tertiary/aromatic N) is 4. The Bertz CT molecular complexity index is 1840. The fourth-order valence-corrected chi connectivity index (χ4v) is 5.97. The first-order valence-corrected chi connectivity index (χ1v) is 14.3. The van der Waals surface area contributed by atoms with Gasteiger partial charge in [0.2, 0.25) is 5.91 Å².